The van der Waals surface area contributed by atoms with Gasteiger partial charge in [-0.05, 0) is 36.6 Å². The topological polar surface area (TPSA) is 141 Å². The number of likely N-dealkylation sites (tertiary alicyclic amines) is 1. The predicted molar refractivity (Wildman–Crippen MR) is 172 cm³/mol. The average Bonchev–Trinajstić information content (AvgIpc) is 3.81. The second-order valence-electron chi connectivity index (χ2n) is 12.6. The molecule has 0 amide bonds. The van der Waals surface area contributed by atoms with Crippen molar-refractivity contribution in [2.45, 2.75) is 50.4 Å². The lowest BCUT2D eigenvalue weighted by atomic mass is 9.90. The minimum atomic E-state index is -0.127. The van der Waals surface area contributed by atoms with Crippen molar-refractivity contribution >= 4 is 17.1 Å². The van der Waals surface area contributed by atoms with E-state index in [2.05, 4.69) is 43.2 Å². The third-order valence-electron chi connectivity index (χ3n) is 9.92. The highest BCUT2D eigenvalue weighted by Gasteiger charge is 2.53. The molecule has 7 heterocycles. The smallest absolute Gasteiger partial charge is 0.212 e. The first kappa shape index (κ1) is 28.9. The Labute approximate surface area is 271 Å². The Balaban J connectivity index is 1.05. The monoisotopic (exact) mass is 624 g/mol. The highest BCUT2D eigenvalue weighted by atomic mass is 16.5. The van der Waals surface area contributed by atoms with Crippen LogP contribution in [0.3, 0.4) is 0 Å². The van der Waals surface area contributed by atoms with Crippen molar-refractivity contribution in [1.82, 2.24) is 34.3 Å². The van der Waals surface area contributed by atoms with Crippen LogP contribution < -0.4 is 9.64 Å². The quantitative estimate of drug-likeness (QED) is 0.255. The van der Waals surface area contributed by atoms with E-state index in [4.69, 9.17) is 9.72 Å². The number of hydrogen-bond donors (Lipinski definition) is 0. The molecule has 5 aromatic heterocycles. The number of fused-ring (bicyclic) bond motifs is 2. The molecule has 3 aliphatic rings. The Hall–Kier alpha value is -5.59. The zero-order valence-electron chi connectivity index (χ0n) is 25.9. The lowest BCUT2D eigenvalue weighted by Gasteiger charge is -2.48. The minimum absolute atomic E-state index is 0.0680. The van der Waals surface area contributed by atoms with E-state index in [9.17, 15) is 15.3 Å². The van der Waals surface area contributed by atoms with E-state index in [0.29, 0.717) is 36.6 Å². The number of methoxy groups -OCH3 is 1. The van der Waals surface area contributed by atoms with E-state index < -0.39 is 0 Å². The van der Waals surface area contributed by atoms with Gasteiger partial charge in [0.05, 0.1) is 54.7 Å². The van der Waals surface area contributed by atoms with Crippen molar-refractivity contribution in [3.05, 3.63) is 78.6 Å². The Kier molecular flexibility index (Phi) is 7.15. The fourth-order valence-corrected chi connectivity index (χ4v) is 7.39. The summed E-state index contributed by atoms with van der Waals surface area (Å²) in [6.07, 6.45) is 13.9. The molecule has 12 heteroatoms. The maximum absolute atomic E-state index is 11.7. The van der Waals surface area contributed by atoms with E-state index >= 15 is 0 Å². The molecule has 3 fully saturated rings. The second-order valence-corrected chi connectivity index (χ2v) is 12.6. The molecule has 2 aliphatic heterocycles. The van der Waals surface area contributed by atoms with Crippen molar-refractivity contribution in [2.24, 2.45) is 5.92 Å². The molecular weight excluding hydrogens is 592 g/mol. The summed E-state index contributed by atoms with van der Waals surface area (Å²) in [5.41, 5.74) is 5.87. The first-order valence-corrected chi connectivity index (χ1v) is 15.9. The van der Waals surface area contributed by atoms with Gasteiger partial charge < -0.3 is 9.64 Å². The van der Waals surface area contributed by atoms with E-state index in [1.54, 1.807) is 17.8 Å². The first-order chi connectivity index (χ1) is 23.0. The number of nitrogens with zero attached hydrogens (tertiary/aromatic N) is 10. The lowest BCUT2D eigenvalue weighted by Crippen LogP contribution is -2.63. The summed E-state index contributed by atoms with van der Waals surface area (Å²) < 4.78 is 8.91. The number of carbonyl (C=O) groups is 1. The maximum Gasteiger partial charge on any atom is 0.212 e. The average molecular weight is 625 g/mol. The third kappa shape index (κ3) is 5.07. The van der Waals surface area contributed by atoms with Crippen molar-refractivity contribution in [2.75, 3.05) is 25.1 Å². The molecule has 0 radical (unpaired) electrons. The number of nitriles is 2. The summed E-state index contributed by atoms with van der Waals surface area (Å²) in [6.45, 7) is 2.22. The number of ether oxygens (including phenoxy) is 1. The second kappa shape index (κ2) is 11.6. The minimum Gasteiger partial charge on any atom is -0.481 e. The van der Waals surface area contributed by atoms with Gasteiger partial charge in [-0.15, -0.1) is 0 Å². The summed E-state index contributed by atoms with van der Waals surface area (Å²) in [6, 6.07) is 15.3. The molecule has 0 unspecified atom stereocenters. The normalized spacial score (nSPS) is 21.3. The van der Waals surface area contributed by atoms with Crippen LogP contribution >= 0.6 is 0 Å². The number of pyridine rings is 3. The van der Waals surface area contributed by atoms with Gasteiger partial charge in [-0.25, -0.2) is 14.5 Å². The maximum atomic E-state index is 11.7. The number of Topliss-reactive ketones (excluding diaryl/α,β-unsaturated/α-hetero) is 1. The molecule has 0 aromatic carbocycles. The summed E-state index contributed by atoms with van der Waals surface area (Å²) in [7, 11) is 1.60. The molecule has 1 aliphatic carbocycles. The van der Waals surface area contributed by atoms with Crippen LogP contribution in [0.25, 0.3) is 27.8 Å². The number of aromatic nitrogens is 6. The van der Waals surface area contributed by atoms with E-state index in [-0.39, 0.29) is 24.0 Å². The molecule has 12 nitrogen and oxygen atoms in total. The molecule has 3 atom stereocenters. The van der Waals surface area contributed by atoms with Crippen LogP contribution in [0.2, 0.25) is 0 Å². The van der Waals surface area contributed by atoms with Crippen molar-refractivity contribution in [3.8, 4) is 40.3 Å². The van der Waals surface area contributed by atoms with Crippen molar-refractivity contribution < 1.29 is 9.53 Å². The zero-order chi connectivity index (χ0) is 32.1. The van der Waals surface area contributed by atoms with Crippen LogP contribution in [-0.4, -0.2) is 72.3 Å². The van der Waals surface area contributed by atoms with Gasteiger partial charge in [0.15, 0.2) is 0 Å². The number of rotatable bonds is 7. The molecule has 2 saturated heterocycles. The molecule has 1 saturated carbocycles. The summed E-state index contributed by atoms with van der Waals surface area (Å²) in [5, 5.41) is 29.0. The Bertz CT molecular complexity index is 2040. The summed E-state index contributed by atoms with van der Waals surface area (Å²) in [4.78, 5) is 25.6. The number of carbonyl (C=O) groups excluding carboxylic acids is 1. The van der Waals surface area contributed by atoms with Crippen LogP contribution in [-0.2, 0) is 11.3 Å². The third-order valence-corrected chi connectivity index (χ3v) is 9.92. The van der Waals surface area contributed by atoms with Gasteiger partial charge in [-0.3, -0.25) is 14.4 Å². The van der Waals surface area contributed by atoms with E-state index in [1.165, 1.54) is 0 Å². The SMILES string of the molecule is COc1ccc(CN2C[C@H](C#N)[C@H]3[C@@H]2CN3c2ccc(-c3cc(-c4cnn(C5CCC(=O)CC5)c4)cn4ncc(C#N)c34)cn2)cn1. The highest BCUT2D eigenvalue weighted by molar-refractivity contribution is 5.87. The molecule has 8 rings (SSSR count). The number of ketones is 1. The Morgan fingerprint density at radius 2 is 1.81 bits per heavy atom. The van der Waals surface area contributed by atoms with Gasteiger partial charge >= 0.3 is 0 Å². The van der Waals surface area contributed by atoms with Crippen LogP contribution in [0.1, 0.15) is 42.9 Å². The molecule has 5 aromatic rings. The largest absolute Gasteiger partial charge is 0.481 e. The van der Waals surface area contributed by atoms with Gasteiger partial charge in [-0.1, -0.05) is 6.07 Å². The molecule has 0 N–H and O–H groups in total. The Morgan fingerprint density at radius 1 is 0.936 bits per heavy atom. The van der Waals surface area contributed by atoms with Crippen LogP contribution in [0, 0.1) is 28.6 Å². The fraction of sp³-hybridized carbons (Fsp3) is 0.343. The number of hydrogen-bond acceptors (Lipinski definition) is 10. The molecule has 47 heavy (non-hydrogen) atoms. The van der Waals surface area contributed by atoms with Crippen LogP contribution in [0.5, 0.6) is 5.88 Å². The molecule has 0 bridgehead atoms. The number of anilines is 1. The van der Waals surface area contributed by atoms with Crippen LogP contribution in [0.4, 0.5) is 5.82 Å². The van der Waals surface area contributed by atoms with Gasteiger partial charge in [-0.2, -0.15) is 20.7 Å². The highest BCUT2D eigenvalue weighted by Crippen LogP contribution is 2.40. The lowest BCUT2D eigenvalue weighted by molar-refractivity contribution is -0.120. The standard InChI is InChI=1S/C35H32N10O2/c1-47-33-9-2-22(13-39-33)17-42-18-26(12-37)35-31(42)21-43(35)32-8-3-23(14-38-32)30-10-24(19-45-34(30)25(11-36)15-41-45)27-16-40-44(20-27)28-4-6-29(46)7-5-28/h2-3,8-10,13-16,19-20,26,28,31,35H,4-7,17-18,21H2,1H3/t26-,31-,35-/m0/s1. The Morgan fingerprint density at radius 3 is 2.53 bits per heavy atom. The fourth-order valence-electron chi connectivity index (χ4n) is 7.39. The van der Waals surface area contributed by atoms with Gasteiger partial charge in [0.1, 0.15) is 17.7 Å². The van der Waals surface area contributed by atoms with Gasteiger partial charge in [0.2, 0.25) is 5.88 Å². The molecule has 234 valence electrons. The van der Waals surface area contributed by atoms with Gasteiger partial charge in [0, 0.05) is 91.6 Å². The van der Waals surface area contributed by atoms with Gasteiger partial charge in [0.25, 0.3) is 0 Å². The van der Waals surface area contributed by atoms with Crippen LogP contribution in [0.15, 0.2) is 67.5 Å². The van der Waals surface area contributed by atoms with E-state index in [0.717, 1.165) is 65.1 Å². The first-order valence-electron chi connectivity index (χ1n) is 15.9. The predicted octanol–water partition coefficient (Wildman–Crippen LogP) is 4.43. The van der Waals surface area contributed by atoms with E-state index in [1.807, 2.05) is 59.9 Å². The zero-order valence-corrected chi connectivity index (χ0v) is 25.9. The van der Waals surface area contributed by atoms with Crippen molar-refractivity contribution in [3.63, 3.8) is 0 Å². The summed E-state index contributed by atoms with van der Waals surface area (Å²) >= 11 is 0. The molecular formula is C35H32N10O2. The molecule has 0 spiro atoms. The summed E-state index contributed by atoms with van der Waals surface area (Å²) in [5.74, 6) is 1.61. The van der Waals surface area contributed by atoms with Crippen molar-refractivity contribution in [1.29, 1.82) is 10.5 Å².